The van der Waals surface area contributed by atoms with Gasteiger partial charge in [0.15, 0.2) is 18.2 Å². The molecule has 0 aliphatic carbocycles. The van der Waals surface area contributed by atoms with Gasteiger partial charge in [0.25, 0.3) is 5.91 Å². The molecule has 1 aromatic rings. The number of halogens is 2. The van der Waals surface area contributed by atoms with Gasteiger partial charge in [-0.2, -0.15) is 0 Å². The van der Waals surface area contributed by atoms with Crippen molar-refractivity contribution in [2.24, 2.45) is 0 Å². The summed E-state index contributed by atoms with van der Waals surface area (Å²) in [5.74, 6) is -2.08. The van der Waals surface area contributed by atoms with E-state index in [1.54, 1.807) is 0 Å². The Morgan fingerprint density at radius 3 is 2.95 bits per heavy atom. The van der Waals surface area contributed by atoms with E-state index < -0.39 is 17.7 Å². The first-order valence-corrected chi connectivity index (χ1v) is 6.61. The molecule has 116 valence electrons. The summed E-state index contributed by atoms with van der Waals surface area (Å²) in [7, 11) is 0. The first-order valence-electron chi connectivity index (χ1n) is 6.61. The van der Waals surface area contributed by atoms with Gasteiger partial charge in [-0.05, 0) is 19.1 Å². The molecule has 0 spiro atoms. The Hall–Kier alpha value is -1.73. The fourth-order valence-corrected chi connectivity index (χ4v) is 2.09. The van der Waals surface area contributed by atoms with Crippen molar-refractivity contribution in [3.8, 4) is 5.75 Å². The van der Waals surface area contributed by atoms with E-state index >= 15 is 0 Å². The second kappa shape index (κ2) is 6.82. The standard InChI is InChI=1S/C14H17F2NO4/c1-9-7-20-11(6-18)5-17(9)14(19)8-21-13-3-2-10(15)4-12(13)16/h2-4,9,11,18H,5-8H2,1H3. The summed E-state index contributed by atoms with van der Waals surface area (Å²) in [6.07, 6.45) is -0.423. The fourth-order valence-electron chi connectivity index (χ4n) is 2.09. The third kappa shape index (κ3) is 3.89. The summed E-state index contributed by atoms with van der Waals surface area (Å²) in [5, 5.41) is 9.07. The maximum atomic E-state index is 13.4. The van der Waals surface area contributed by atoms with Gasteiger partial charge in [0.05, 0.1) is 25.4 Å². The molecule has 1 aromatic carbocycles. The zero-order valence-electron chi connectivity index (χ0n) is 11.6. The topological polar surface area (TPSA) is 59.0 Å². The number of hydrogen-bond donors (Lipinski definition) is 1. The number of hydrogen-bond acceptors (Lipinski definition) is 4. The van der Waals surface area contributed by atoms with Crippen molar-refractivity contribution in [1.29, 1.82) is 0 Å². The second-order valence-electron chi connectivity index (χ2n) is 4.90. The minimum Gasteiger partial charge on any atom is -0.481 e. The Morgan fingerprint density at radius 2 is 2.29 bits per heavy atom. The Labute approximate surface area is 121 Å². The van der Waals surface area contributed by atoms with E-state index in [2.05, 4.69) is 0 Å². The van der Waals surface area contributed by atoms with E-state index in [0.717, 1.165) is 12.1 Å². The number of nitrogens with zero attached hydrogens (tertiary/aromatic N) is 1. The highest BCUT2D eigenvalue weighted by Gasteiger charge is 2.29. The van der Waals surface area contributed by atoms with Gasteiger partial charge in [0.2, 0.25) is 0 Å². The SMILES string of the molecule is CC1COC(CO)CN1C(=O)COc1ccc(F)cc1F. The Balaban J connectivity index is 1.94. The van der Waals surface area contributed by atoms with Gasteiger partial charge in [-0.25, -0.2) is 8.78 Å². The van der Waals surface area contributed by atoms with Gasteiger partial charge in [0, 0.05) is 12.6 Å². The molecular formula is C14H17F2NO4. The molecule has 2 unspecified atom stereocenters. The number of morpholine rings is 1. The molecule has 1 N–H and O–H groups in total. The van der Waals surface area contributed by atoms with E-state index in [0.29, 0.717) is 12.7 Å². The van der Waals surface area contributed by atoms with Crippen LogP contribution in [0.3, 0.4) is 0 Å². The summed E-state index contributed by atoms with van der Waals surface area (Å²) >= 11 is 0. The number of carbonyl (C=O) groups excluding carboxylic acids is 1. The molecule has 2 rings (SSSR count). The quantitative estimate of drug-likeness (QED) is 0.899. The number of rotatable bonds is 4. The van der Waals surface area contributed by atoms with Crippen LogP contribution in [0.2, 0.25) is 0 Å². The number of aliphatic hydroxyl groups excluding tert-OH is 1. The number of carbonyl (C=O) groups is 1. The van der Waals surface area contributed by atoms with E-state index in [9.17, 15) is 13.6 Å². The predicted molar refractivity (Wildman–Crippen MR) is 69.9 cm³/mol. The molecule has 21 heavy (non-hydrogen) atoms. The second-order valence-corrected chi connectivity index (χ2v) is 4.90. The van der Waals surface area contributed by atoms with Gasteiger partial charge in [-0.1, -0.05) is 0 Å². The van der Waals surface area contributed by atoms with Crippen LogP contribution in [0.5, 0.6) is 5.75 Å². The van der Waals surface area contributed by atoms with Crippen molar-refractivity contribution in [3.63, 3.8) is 0 Å². The largest absolute Gasteiger partial charge is 0.481 e. The van der Waals surface area contributed by atoms with E-state index in [1.165, 1.54) is 4.90 Å². The summed E-state index contributed by atoms with van der Waals surface area (Å²) < 4.78 is 36.6. The first kappa shape index (κ1) is 15.7. The molecule has 1 heterocycles. The maximum absolute atomic E-state index is 13.4. The molecule has 7 heteroatoms. The lowest BCUT2D eigenvalue weighted by molar-refractivity contribution is -0.148. The average molecular weight is 301 g/mol. The van der Waals surface area contributed by atoms with Crippen LogP contribution in [-0.2, 0) is 9.53 Å². The third-order valence-corrected chi connectivity index (χ3v) is 3.27. The lowest BCUT2D eigenvalue weighted by atomic mass is 10.2. The van der Waals surface area contributed by atoms with Crippen LogP contribution in [0.25, 0.3) is 0 Å². The highest BCUT2D eigenvalue weighted by atomic mass is 19.1. The number of aliphatic hydroxyl groups is 1. The fraction of sp³-hybridized carbons (Fsp3) is 0.500. The molecule has 1 saturated heterocycles. The van der Waals surface area contributed by atoms with Crippen LogP contribution in [0.4, 0.5) is 8.78 Å². The van der Waals surface area contributed by atoms with Gasteiger partial charge in [-0.3, -0.25) is 4.79 Å². The Kier molecular flexibility index (Phi) is 5.08. The summed E-state index contributed by atoms with van der Waals surface area (Å²) in [4.78, 5) is 13.6. The van der Waals surface area contributed by atoms with Crippen LogP contribution in [0.1, 0.15) is 6.92 Å². The van der Waals surface area contributed by atoms with Crippen molar-refractivity contribution < 1.29 is 28.2 Å². The van der Waals surface area contributed by atoms with E-state index in [4.69, 9.17) is 14.6 Å². The van der Waals surface area contributed by atoms with Gasteiger partial charge >= 0.3 is 0 Å². The summed E-state index contributed by atoms with van der Waals surface area (Å²) in [5.41, 5.74) is 0. The molecule has 5 nitrogen and oxygen atoms in total. The summed E-state index contributed by atoms with van der Waals surface area (Å²) in [6, 6.07) is 2.74. The van der Waals surface area contributed by atoms with E-state index in [-0.39, 0.29) is 37.5 Å². The first-order chi connectivity index (χ1) is 10.0. The van der Waals surface area contributed by atoms with Crippen molar-refractivity contribution in [2.75, 3.05) is 26.4 Å². The monoisotopic (exact) mass is 301 g/mol. The highest BCUT2D eigenvalue weighted by Crippen LogP contribution is 2.18. The molecule has 1 amide bonds. The normalized spacial score (nSPS) is 22.2. The van der Waals surface area contributed by atoms with Crippen molar-refractivity contribution >= 4 is 5.91 Å². The number of benzene rings is 1. The predicted octanol–water partition coefficient (Wildman–Crippen LogP) is 0.952. The smallest absolute Gasteiger partial charge is 0.260 e. The highest BCUT2D eigenvalue weighted by molar-refractivity contribution is 5.78. The van der Waals surface area contributed by atoms with Crippen LogP contribution in [0, 0.1) is 11.6 Å². The van der Waals surface area contributed by atoms with Crippen LogP contribution in [0.15, 0.2) is 18.2 Å². The Morgan fingerprint density at radius 1 is 1.52 bits per heavy atom. The lowest BCUT2D eigenvalue weighted by Crippen LogP contribution is -2.53. The molecule has 0 radical (unpaired) electrons. The minimum atomic E-state index is -0.855. The van der Waals surface area contributed by atoms with Crippen LogP contribution in [-0.4, -0.2) is 54.4 Å². The zero-order chi connectivity index (χ0) is 15.4. The molecule has 0 aromatic heterocycles. The molecule has 1 fully saturated rings. The number of ether oxygens (including phenoxy) is 2. The molecule has 0 bridgehead atoms. The van der Waals surface area contributed by atoms with Gasteiger partial charge in [0.1, 0.15) is 5.82 Å². The molecule has 2 atom stereocenters. The van der Waals surface area contributed by atoms with Gasteiger partial charge in [-0.15, -0.1) is 0 Å². The lowest BCUT2D eigenvalue weighted by Gasteiger charge is -2.37. The van der Waals surface area contributed by atoms with Crippen LogP contribution < -0.4 is 4.74 Å². The molecule has 0 saturated carbocycles. The van der Waals surface area contributed by atoms with Crippen molar-refractivity contribution in [2.45, 2.75) is 19.1 Å². The molecular weight excluding hydrogens is 284 g/mol. The summed E-state index contributed by atoms with van der Waals surface area (Å²) in [6.45, 7) is 1.85. The van der Waals surface area contributed by atoms with Crippen LogP contribution >= 0.6 is 0 Å². The maximum Gasteiger partial charge on any atom is 0.260 e. The minimum absolute atomic E-state index is 0.151. The van der Waals surface area contributed by atoms with Crippen molar-refractivity contribution in [3.05, 3.63) is 29.8 Å². The molecule has 1 aliphatic heterocycles. The molecule has 1 aliphatic rings. The Bertz CT molecular complexity index is 512. The average Bonchev–Trinajstić information content (AvgIpc) is 2.46. The van der Waals surface area contributed by atoms with Crippen molar-refractivity contribution in [1.82, 2.24) is 4.90 Å². The van der Waals surface area contributed by atoms with E-state index in [1.807, 2.05) is 6.92 Å². The van der Waals surface area contributed by atoms with Gasteiger partial charge < -0.3 is 19.5 Å². The third-order valence-electron chi connectivity index (χ3n) is 3.27. The zero-order valence-corrected chi connectivity index (χ0v) is 11.6. The number of amides is 1.